The van der Waals surface area contributed by atoms with E-state index in [0.29, 0.717) is 28.0 Å². The SMILES string of the molecule is Cn1cc(-c2cc(Oc3ccc(N)cc3)ccn2)cn1.Cn1cc(B2OC(C)(C)C(C)(C)O2)cn1.Nc1ccc(Oc2ccnc(Cl)c2)cc1.[Pd].c1ccc(P(c2ccccc2)c2ccccc2)cc1.c1ccc(P(c2ccccc2)c2ccccc2)cc1.c1ccc(P(c2ccccc2)c2ccccc2)cc1.c1ccc(P(c2ccccc2)c2ccccc2)cc1. The van der Waals surface area contributed by atoms with Gasteiger partial charge in [-0.15, -0.1) is 0 Å². The summed E-state index contributed by atoms with van der Waals surface area (Å²) in [6.07, 6.45) is 10.7. The van der Waals surface area contributed by atoms with Gasteiger partial charge in [-0.05, 0) is 184 Å². The Labute approximate surface area is 771 Å². The minimum absolute atomic E-state index is 0. The number of aromatic nitrogens is 6. The minimum Gasteiger partial charge on any atom is -0.457 e. The summed E-state index contributed by atoms with van der Waals surface area (Å²) in [5.41, 5.74) is 14.8. The van der Waals surface area contributed by atoms with Crippen molar-refractivity contribution in [1.29, 1.82) is 0 Å². The molecule has 19 rings (SSSR count). The fraction of sp³-hybridized carbons (Fsp3) is 0.0741. The van der Waals surface area contributed by atoms with Gasteiger partial charge in [0.2, 0.25) is 0 Å². The number of aryl methyl sites for hydroxylation is 2. The topological polar surface area (TPSA) is 150 Å². The number of rotatable bonds is 18. The Morgan fingerprint density at radius 2 is 0.535 bits per heavy atom. The molecule has 1 saturated heterocycles. The van der Waals surface area contributed by atoms with Gasteiger partial charge in [0.1, 0.15) is 28.2 Å². The molecular formula is C108H100BClN8O4P4Pd. The second-order valence-corrected chi connectivity index (χ2v) is 39.1. The van der Waals surface area contributed by atoms with Gasteiger partial charge in [-0.25, -0.2) is 4.98 Å². The molecule has 0 amide bonds. The van der Waals surface area contributed by atoms with Crippen LogP contribution in [0.2, 0.25) is 5.15 Å². The third kappa shape index (κ3) is 28.1. The smallest absolute Gasteiger partial charge is 0.457 e. The molecule has 0 unspecified atom stereocenters. The number of anilines is 2. The third-order valence-corrected chi connectivity index (χ3v) is 30.1. The largest absolute Gasteiger partial charge is 0.498 e. The van der Waals surface area contributed by atoms with E-state index in [1.54, 1.807) is 82.7 Å². The average Bonchev–Trinajstić information content (AvgIpc) is 1.46. The first-order chi connectivity index (χ1) is 61.6. The summed E-state index contributed by atoms with van der Waals surface area (Å²) < 4.78 is 26.6. The van der Waals surface area contributed by atoms with Crippen molar-refractivity contribution in [2.75, 3.05) is 11.5 Å². The molecule has 14 aromatic carbocycles. The van der Waals surface area contributed by atoms with Gasteiger partial charge < -0.3 is 30.2 Å². The van der Waals surface area contributed by atoms with E-state index in [2.05, 4.69) is 384 Å². The molecule has 0 spiro atoms. The number of pyridine rings is 2. The number of hydrogen-bond acceptors (Lipinski definition) is 10. The van der Waals surface area contributed by atoms with Crippen LogP contribution < -0.4 is 90.1 Å². The summed E-state index contributed by atoms with van der Waals surface area (Å²) in [4.78, 5) is 8.19. The number of ether oxygens (including phenoxy) is 2. The molecule has 4 aromatic heterocycles. The summed E-state index contributed by atoms with van der Waals surface area (Å²) in [6, 6.07) is 151. The van der Waals surface area contributed by atoms with E-state index in [-0.39, 0.29) is 38.7 Å². The monoisotopic (exact) mass is 1850 g/mol. The summed E-state index contributed by atoms with van der Waals surface area (Å²) in [5.74, 6) is 2.83. The summed E-state index contributed by atoms with van der Waals surface area (Å²) >= 11 is 5.73. The van der Waals surface area contributed by atoms with Gasteiger partial charge in [-0.3, -0.25) is 14.3 Å². The zero-order chi connectivity index (χ0) is 87.6. The maximum absolute atomic E-state index is 5.89. The van der Waals surface area contributed by atoms with Crippen LogP contribution in [0.25, 0.3) is 11.3 Å². The predicted molar refractivity (Wildman–Crippen MR) is 537 cm³/mol. The van der Waals surface area contributed by atoms with Gasteiger partial charge >= 0.3 is 7.12 Å². The van der Waals surface area contributed by atoms with Crippen LogP contribution in [-0.2, 0) is 43.8 Å². The number of benzene rings is 14. The number of nitrogens with zero attached hydrogens (tertiary/aromatic N) is 6. The van der Waals surface area contributed by atoms with Crippen molar-refractivity contribution in [2.45, 2.75) is 38.9 Å². The van der Waals surface area contributed by atoms with Crippen molar-refractivity contribution in [3.8, 4) is 34.3 Å². The Hall–Kier alpha value is -12.3. The van der Waals surface area contributed by atoms with Crippen LogP contribution in [0.15, 0.2) is 474 Å². The molecule has 1 aliphatic rings. The second-order valence-electron chi connectivity index (χ2n) is 29.8. The normalized spacial score (nSPS) is 11.9. The van der Waals surface area contributed by atoms with Gasteiger partial charge in [0.25, 0.3) is 0 Å². The van der Waals surface area contributed by atoms with Crippen LogP contribution in [-0.4, -0.2) is 47.8 Å². The molecule has 12 nitrogen and oxygen atoms in total. The Kier molecular flexibility index (Phi) is 35.7. The van der Waals surface area contributed by atoms with Crippen molar-refractivity contribution in [3.05, 3.63) is 479 Å². The zero-order valence-corrected chi connectivity index (χ0v) is 77.5. The Balaban J connectivity index is 0.000000135. The van der Waals surface area contributed by atoms with Crippen molar-refractivity contribution in [1.82, 2.24) is 29.5 Å². The average molecular weight is 1850 g/mol. The molecule has 5 heterocycles. The minimum atomic E-state index is -0.446. The van der Waals surface area contributed by atoms with Gasteiger partial charge in [0.05, 0.1) is 23.1 Å². The molecule has 19 heteroatoms. The van der Waals surface area contributed by atoms with E-state index < -0.39 is 31.7 Å². The van der Waals surface area contributed by atoms with E-state index in [9.17, 15) is 0 Å². The molecule has 18 aromatic rings. The van der Waals surface area contributed by atoms with E-state index in [1.807, 2.05) is 78.4 Å². The molecule has 0 aliphatic carbocycles. The Morgan fingerprint density at radius 1 is 0.299 bits per heavy atom. The summed E-state index contributed by atoms with van der Waals surface area (Å²) in [5, 5.41) is 25.4. The van der Waals surface area contributed by atoms with Gasteiger partial charge in [0.15, 0.2) is 0 Å². The maximum atomic E-state index is 5.89. The fourth-order valence-electron chi connectivity index (χ4n) is 13.2. The molecule has 4 N–H and O–H groups in total. The molecule has 1 aliphatic heterocycles. The standard InChI is InChI=1S/4C18H15P.C15H14N4O.C11H9ClN2O.C10H17BN2O2.Pd/c4*1-4-10-16(11-5-1)19(17-12-6-2-7-13-17)18-14-8-3-9-15-18;1-19-10-11(9-18-19)15-8-14(6-7-17-15)20-13-4-2-12(16)3-5-13;12-11-7-10(5-6-14-11)15-9-3-1-8(13)2-4-9;1-9(2)10(3,4)15-11(14-9)8-6-12-13(5)7-8;/h4*1-15H;2-10H,16H2,1H3;1-7H,13H2;6-7H,1-5H3;. The fourth-order valence-corrected chi connectivity index (χ4v) is 22.6. The van der Waals surface area contributed by atoms with E-state index in [0.717, 1.165) is 28.2 Å². The number of nitrogen functional groups attached to an aromatic ring is 2. The molecule has 127 heavy (non-hydrogen) atoms. The zero-order valence-electron chi connectivity index (χ0n) is 71.6. The van der Waals surface area contributed by atoms with Crippen LogP contribution in [0, 0.1) is 0 Å². The molecular weight excluding hydrogens is 1750 g/mol. The van der Waals surface area contributed by atoms with E-state index in [1.165, 1.54) is 63.7 Å². The van der Waals surface area contributed by atoms with Crippen LogP contribution in [0.4, 0.5) is 11.4 Å². The predicted octanol–water partition coefficient (Wildman–Crippen LogP) is 20.5. The Morgan fingerprint density at radius 3 is 0.764 bits per heavy atom. The summed E-state index contributed by atoms with van der Waals surface area (Å²) in [6.45, 7) is 8.18. The van der Waals surface area contributed by atoms with Crippen molar-refractivity contribution >= 4 is 131 Å². The second kappa shape index (κ2) is 48.4. The first kappa shape index (κ1) is 93.8. The molecule has 1 fully saturated rings. The molecule has 0 bridgehead atoms. The molecule has 0 radical (unpaired) electrons. The van der Waals surface area contributed by atoms with Crippen LogP contribution >= 0.6 is 43.3 Å². The maximum Gasteiger partial charge on any atom is 0.498 e. The van der Waals surface area contributed by atoms with Gasteiger partial charge in [-0.2, -0.15) is 10.2 Å². The van der Waals surface area contributed by atoms with E-state index in [4.69, 9.17) is 41.9 Å². The van der Waals surface area contributed by atoms with Crippen LogP contribution in [0.5, 0.6) is 23.0 Å². The number of hydrogen-bond donors (Lipinski definition) is 2. The Bertz CT molecular complexity index is 5310. The van der Waals surface area contributed by atoms with E-state index >= 15 is 0 Å². The molecule has 0 saturated carbocycles. The van der Waals surface area contributed by atoms with Gasteiger partial charge in [-0.1, -0.05) is 376 Å². The van der Waals surface area contributed by atoms with Crippen molar-refractivity contribution in [2.24, 2.45) is 14.1 Å². The molecule has 636 valence electrons. The van der Waals surface area contributed by atoms with Crippen molar-refractivity contribution < 1.29 is 39.2 Å². The first-order valence-corrected chi connectivity index (χ1v) is 47.1. The number of halogens is 1. The first-order valence-electron chi connectivity index (χ1n) is 41.3. The third-order valence-electron chi connectivity index (χ3n) is 20.1. The van der Waals surface area contributed by atoms with Crippen LogP contribution in [0.3, 0.4) is 0 Å². The van der Waals surface area contributed by atoms with Crippen LogP contribution in [0.1, 0.15) is 27.7 Å². The van der Waals surface area contributed by atoms with Gasteiger partial charge in [0, 0.05) is 100 Å². The quantitative estimate of drug-likeness (QED) is 0.0368. The van der Waals surface area contributed by atoms with Crippen molar-refractivity contribution in [3.63, 3.8) is 0 Å². The summed E-state index contributed by atoms with van der Waals surface area (Å²) in [7, 11) is 1.67. The number of nitrogens with two attached hydrogens (primary N) is 2. The molecule has 0 atom stereocenters.